The molecule has 0 saturated carbocycles. The predicted octanol–water partition coefficient (Wildman–Crippen LogP) is 3.15. The van der Waals surface area contributed by atoms with Crippen molar-refractivity contribution in [2.75, 3.05) is 19.7 Å². The van der Waals surface area contributed by atoms with E-state index in [4.69, 9.17) is 4.74 Å². The minimum absolute atomic E-state index is 0.431. The second-order valence-electron chi connectivity index (χ2n) is 5.12. The Morgan fingerprint density at radius 1 is 1.44 bits per heavy atom. The van der Waals surface area contributed by atoms with Crippen molar-refractivity contribution in [1.29, 1.82) is 0 Å². The van der Waals surface area contributed by atoms with Gasteiger partial charge in [-0.1, -0.05) is 6.92 Å². The molecule has 18 heavy (non-hydrogen) atoms. The zero-order chi connectivity index (χ0) is 13.0. The number of hydrogen-bond donors (Lipinski definition) is 0. The largest absolute Gasteiger partial charge is 0.377 e. The maximum absolute atomic E-state index is 5.87. The van der Waals surface area contributed by atoms with Crippen molar-refractivity contribution in [2.24, 2.45) is 0 Å². The maximum atomic E-state index is 5.87. The Bertz CT molecular complexity index is 358. The molecular formula is C14H24N2OS. The van der Waals surface area contributed by atoms with Crippen LogP contribution in [0.3, 0.4) is 0 Å². The standard InChI is InChI=1S/C14H24N2OS/c1-4-8-17-13-6-5-7-16(9-13)10-14-15-11(2)12(3)18-14/h13H,4-10H2,1-3H3. The van der Waals surface area contributed by atoms with Crippen molar-refractivity contribution in [3.63, 3.8) is 0 Å². The van der Waals surface area contributed by atoms with E-state index in [0.717, 1.165) is 26.1 Å². The van der Waals surface area contributed by atoms with Crippen LogP contribution in [0.5, 0.6) is 0 Å². The molecule has 1 saturated heterocycles. The molecule has 1 aromatic heterocycles. The predicted molar refractivity (Wildman–Crippen MR) is 76.1 cm³/mol. The highest BCUT2D eigenvalue weighted by Gasteiger charge is 2.21. The van der Waals surface area contributed by atoms with Gasteiger partial charge in [0.1, 0.15) is 5.01 Å². The van der Waals surface area contributed by atoms with Crippen molar-refractivity contribution >= 4 is 11.3 Å². The Hall–Kier alpha value is -0.450. The molecule has 0 aliphatic carbocycles. The number of aromatic nitrogens is 1. The van der Waals surface area contributed by atoms with Gasteiger partial charge in [-0.25, -0.2) is 4.98 Å². The number of aryl methyl sites for hydroxylation is 2. The molecule has 1 aliphatic rings. The summed E-state index contributed by atoms with van der Waals surface area (Å²) in [5.74, 6) is 0. The van der Waals surface area contributed by atoms with Gasteiger partial charge in [0.05, 0.1) is 18.3 Å². The summed E-state index contributed by atoms with van der Waals surface area (Å²) in [5.41, 5.74) is 1.19. The summed E-state index contributed by atoms with van der Waals surface area (Å²) in [6.07, 6.45) is 4.01. The van der Waals surface area contributed by atoms with Crippen molar-refractivity contribution in [3.8, 4) is 0 Å². The smallest absolute Gasteiger partial charge is 0.107 e. The zero-order valence-corrected chi connectivity index (χ0v) is 12.6. The van der Waals surface area contributed by atoms with Gasteiger partial charge >= 0.3 is 0 Å². The lowest BCUT2D eigenvalue weighted by atomic mass is 10.1. The highest BCUT2D eigenvalue weighted by molar-refractivity contribution is 7.11. The minimum atomic E-state index is 0.431. The van der Waals surface area contributed by atoms with E-state index >= 15 is 0 Å². The molecule has 0 spiro atoms. The normalized spacial score (nSPS) is 21.4. The second kappa shape index (κ2) is 6.64. The molecule has 0 amide bonds. The summed E-state index contributed by atoms with van der Waals surface area (Å²) in [5, 5.41) is 1.25. The third-order valence-electron chi connectivity index (χ3n) is 3.45. The third kappa shape index (κ3) is 3.77. The molecule has 0 N–H and O–H groups in total. The first kappa shape index (κ1) is 14.0. The number of rotatable bonds is 5. The summed E-state index contributed by atoms with van der Waals surface area (Å²) < 4.78 is 5.87. The lowest BCUT2D eigenvalue weighted by Gasteiger charge is -2.31. The van der Waals surface area contributed by atoms with Crippen LogP contribution in [0, 0.1) is 13.8 Å². The first-order chi connectivity index (χ1) is 8.69. The molecule has 1 fully saturated rings. The molecule has 102 valence electrons. The fourth-order valence-electron chi connectivity index (χ4n) is 2.38. The van der Waals surface area contributed by atoms with Crippen molar-refractivity contribution in [2.45, 2.75) is 52.7 Å². The Labute approximate surface area is 114 Å². The van der Waals surface area contributed by atoms with Gasteiger partial charge < -0.3 is 4.74 Å². The molecule has 2 rings (SSSR count). The number of nitrogens with zero attached hydrogens (tertiary/aromatic N) is 2. The average molecular weight is 268 g/mol. The number of ether oxygens (including phenoxy) is 1. The molecule has 3 nitrogen and oxygen atoms in total. The molecule has 1 atom stereocenters. The van der Waals surface area contributed by atoms with Crippen LogP contribution in [-0.2, 0) is 11.3 Å². The van der Waals surface area contributed by atoms with Crippen LogP contribution in [0.15, 0.2) is 0 Å². The maximum Gasteiger partial charge on any atom is 0.107 e. The Morgan fingerprint density at radius 2 is 2.28 bits per heavy atom. The number of thiazole rings is 1. The van der Waals surface area contributed by atoms with Crippen LogP contribution >= 0.6 is 11.3 Å². The van der Waals surface area contributed by atoms with E-state index < -0.39 is 0 Å². The van der Waals surface area contributed by atoms with Crippen LogP contribution in [0.25, 0.3) is 0 Å². The SMILES string of the molecule is CCCOC1CCCN(Cc2nc(C)c(C)s2)C1. The van der Waals surface area contributed by atoms with Crippen LogP contribution in [0.1, 0.15) is 41.8 Å². The fraction of sp³-hybridized carbons (Fsp3) is 0.786. The van der Waals surface area contributed by atoms with Crippen LogP contribution in [0.2, 0.25) is 0 Å². The Morgan fingerprint density at radius 3 is 2.94 bits per heavy atom. The van der Waals surface area contributed by atoms with Gasteiger partial charge in [0.2, 0.25) is 0 Å². The van der Waals surface area contributed by atoms with Gasteiger partial charge in [-0.15, -0.1) is 11.3 Å². The molecule has 4 heteroatoms. The number of hydrogen-bond acceptors (Lipinski definition) is 4. The molecule has 0 aromatic carbocycles. The Kier molecular flexibility index (Phi) is 5.15. The fourth-order valence-corrected chi connectivity index (χ4v) is 3.35. The summed E-state index contributed by atoms with van der Waals surface area (Å²) in [4.78, 5) is 8.46. The summed E-state index contributed by atoms with van der Waals surface area (Å²) >= 11 is 1.83. The molecule has 1 aliphatic heterocycles. The monoisotopic (exact) mass is 268 g/mol. The van der Waals surface area contributed by atoms with Gasteiger partial charge in [-0.2, -0.15) is 0 Å². The Balaban J connectivity index is 1.85. The first-order valence-electron chi connectivity index (χ1n) is 6.96. The van der Waals surface area contributed by atoms with E-state index in [1.165, 1.54) is 35.0 Å². The van der Waals surface area contributed by atoms with Gasteiger partial charge in [0, 0.05) is 18.0 Å². The molecular weight excluding hydrogens is 244 g/mol. The third-order valence-corrected chi connectivity index (χ3v) is 4.51. The quantitative estimate of drug-likeness (QED) is 0.820. The topological polar surface area (TPSA) is 25.4 Å². The van der Waals surface area contributed by atoms with E-state index in [1.807, 2.05) is 11.3 Å². The second-order valence-corrected chi connectivity index (χ2v) is 6.41. The van der Waals surface area contributed by atoms with E-state index in [2.05, 4.69) is 30.7 Å². The first-order valence-corrected chi connectivity index (χ1v) is 7.77. The molecule has 1 unspecified atom stereocenters. The number of likely N-dealkylation sites (tertiary alicyclic amines) is 1. The summed E-state index contributed by atoms with van der Waals surface area (Å²) in [6, 6.07) is 0. The highest BCUT2D eigenvalue weighted by atomic mass is 32.1. The average Bonchev–Trinajstić information content (AvgIpc) is 2.66. The van der Waals surface area contributed by atoms with Gasteiger partial charge in [-0.05, 0) is 39.7 Å². The molecule has 1 aromatic rings. The van der Waals surface area contributed by atoms with Crippen LogP contribution < -0.4 is 0 Å². The van der Waals surface area contributed by atoms with Crippen LogP contribution in [-0.4, -0.2) is 35.7 Å². The molecule has 0 radical (unpaired) electrons. The minimum Gasteiger partial charge on any atom is -0.377 e. The molecule has 0 bridgehead atoms. The van der Waals surface area contributed by atoms with E-state index in [0.29, 0.717) is 6.10 Å². The number of piperidine rings is 1. The van der Waals surface area contributed by atoms with Crippen molar-refractivity contribution < 1.29 is 4.74 Å². The zero-order valence-electron chi connectivity index (χ0n) is 11.7. The van der Waals surface area contributed by atoms with Gasteiger partial charge in [0.25, 0.3) is 0 Å². The lowest BCUT2D eigenvalue weighted by Crippen LogP contribution is -2.39. The van der Waals surface area contributed by atoms with E-state index in [9.17, 15) is 0 Å². The van der Waals surface area contributed by atoms with Crippen molar-refractivity contribution in [1.82, 2.24) is 9.88 Å². The lowest BCUT2D eigenvalue weighted by molar-refractivity contribution is -0.00224. The van der Waals surface area contributed by atoms with E-state index in [-0.39, 0.29) is 0 Å². The van der Waals surface area contributed by atoms with Crippen molar-refractivity contribution in [3.05, 3.63) is 15.6 Å². The van der Waals surface area contributed by atoms with Gasteiger partial charge in [0.15, 0.2) is 0 Å². The van der Waals surface area contributed by atoms with Gasteiger partial charge in [-0.3, -0.25) is 4.90 Å². The summed E-state index contributed by atoms with van der Waals surface area (Å²) in [7, 11) is 0. The van der Waals surface area contributed by atoms with E-state index in [1.54, 1.807) is 0 Å². The highest BCUT2D eigenvalue weighted by Crippen LogP contribution is 2.21. The van der Waals surface area contributed by atoms with Crippen LogP contribution in [0.4, 0.5) is 0 Å². The molecule has 2 heterocycles. The summed E-state index contributed by atoms with van der Waals surface area (Å²) in [6.45, 7) is 10.6.